The fourth-order valence-electron chi connectivity index (χ4n) is 3.64. The van der Waals surface area contributed by atoms with E-state index in [0.717, 1.165) is 43.9 Å². The topological polar surface area (TPSA) is 85.8 Å². The van der Waals surface area contributed by atoms with Crippen molar-refractivity contribution < 1.29 is 9.66 Å². The van der Waals surface area contributed by atoms with Gasteiger partial charge in [-0.25, -0.2) is 4.98 Å². The van der Waals surface area contributed by atoms with Gasteiger partial charge in [-0.2, -0.15) is 0 Å². The van der Waals surface area contributed by atoms with E-state index in [9.17, 15) is 10.1 Å². The van der Waals surface area contributed by atoms with Gasteiger partial charge in [0.15, 0.2) is 5.82 Å². The summed E-state index contributed by atoms with van der Waals surface area (Å²) in [5, 5.41) is 15.5. The Morgan fingerprint density at radius 1 is 1.26 bits per heavy atom. The lowest BCUT2D eigenvalue weighted by atomic mass is 9.90. The number of nitrogens with zero attached hydrogens (tertiary/aromatic N) is 5. The number of ether oxygens (including phenoxy) is 1. The van der Waals surface area contributed by atoms with E-state index < -0.39 is 4.92 Å². The number of rotatable bonds is 5. The molecule has 1 aromatic carbocycles. The quantitative estimate of drug-likeness (QED) is 0.509. The number of aromatic nitrogens is 3. The number of imidazole rings is 1. The first-order valence-corrected chi connectivity index (χ1v) is 9.01. The number of piperidine rings is 1. The van der Waals surface area contributed by atoms with Crippen LogP contribution in [0.2, 0.25) is 0 Å². The van der Waals surface area contributed by atoms with Crippen LogP contribution >= 0.6 is 0 Å². The molecule has 3 heterocycles. The van der Waals surface area contributed by atoms with Crippen LogP contribution in [0.3, 0.4) is 0 Å². The van der Waals surface area contributed by atoms with Gasteiger partial charge in [0.25, 0.3) is 0 Å². The van der Waals surface area contributed by atoms with Gasteiger partial charge in [-0.3, -0.25) is 0 Å². The molecule has 1 saturated heterocycles. The Hall–Kier alpha value is -3.16. The molecule has 1 fully saturated rings. The van der Waals surface area contributed by atoms with Crippen molar-refractivity contribution in [1.29, 1.82) is 0 Å². The van der Waals surface area contributed by atoms with Crippen LogP contribution in [0.1, 0.15) is 18.4 Å². The van der Waals surface area contributed by atoms with Crippen LogP contribution in [0, 0.1) is 16.0 Å². The maximum atomic E-state index is 11.1. The van der Waals surface area contributed by atoms with Gasteiger partial charge >= 0.3 is 5.82 Å². The molecular weight excluding hydrogens is 346 g/mol. The third kappa shape index (κ3) is 3.55. The second-order valence-corrected chi connectivity index (χ2v) is 6.82. The van der Waals surface area contributed by atoms with E-state index in [1.54, 1.807) is 13.2 Å². The maximum Gasteiger partial charge on any atom is 0.368 e. The molecule has 0 bridgehead atoms. The molecule has 0 amide bonds. The minimum absolute atomic E-state index is 0.111. The van der Waals surface area contributed by atoms with Crippen molar-refractivity contribution in [3.05, 3.63) is 58.3 Å². The van der Waals surface area contributed by atoms with E-state index >= 15 is 0 Å². The van der Waals surface area contributed by atoms with E-state index in [2.05, 4.69) is 27.1 Å². The molecule has 0 unspecified atom stereocenters. The van der Waals surface area contributed by atoms with Gasteiger partial charge < -0.3 is 19.8 Å². The number of hydrogen-bond donors (Lipinski definition) is 0. The molecule has 0 saturated carbocycles. The molecule has 8 heteroatoms. The third-order valence-electron chi connectivity index (χ3n) is 5.11. The van der Waals surface area contributed by atoms with Crippen LogP contribution in [-0.2, 0) is 6.42 Å². The third-order valence-corrected chi connectivity index (χ3v) is 5.11. The number of benzene rings is 1. The van der Waals surface area contributed by atoms with E-state index in [1.165, 1.54) is 16.3 Å². The lowest BCUT2D eigenvalue weighted by Gasteiger charge is -2.32. The summed E-state index contributed by atoms with van der Waals surface area (Å²) in [6, 6.07) is 11.9. The number of anilines is 1. The molecule has 2 aromatic heterocycles. The first-order chi connectivity index (χ1) is 13.1. The Labute approximate surface area is 156 Å². The highest BCUT2D eigenvalue weighted by atomic mass is 16.6. The second-order valence-electron chi connectivity index (χ2n) is 6.82. The van der Waals surface area contributed by atoms with Crippen molar-refractivity contribution in [2.45, 2.75) is 19.3 Å². The summed E-state index contributed by atoms with van der Waals surface area (Å²) in [5.41, 5.74) is 1.78. The Balaban J connectivity index is 1.43. The summed E-state index contributed by atoms with van der Waals surface area (Å²) in [7, 11) is 1.69. The van der Waals surface area contributed by atoms with Gasteiger partial charge in [-0.1, -0.05) is 21.7 Å². The predicted octanol–water partition coefficient (Wildman–Crippen LogP) is 3.11. The highest BCUT2D eigenvalue weighted by molar-refractivity contribution is 5.49. The lowest BCUT2D eigenvalue weighted by Crippen LogP contribution is -2.35. The van der Waals surface area contributed by atoms with Crippen LogP contribution < -0.4 is 9.64 Å². The van der Waals surface area contributed by atoms with Crippen LogP contribution in [0.4, 0.5) is 11.6 Å². The Kier molecular flexibility index (Phi) is 4.62. The summed E-state index contributed by atoms with van der Waals surface area (Å²) in [4.78, 5) is 16.9. The summed E-state index contributed by atoms with van der Waals surface area (Å²) >= 11 is 0. The van der Waals surface area contributed by atoms with E-state index in [0.29, 0.717) is 11.6 Å². The maximum absolute atomic E-state index is 11.1. The van der Waals surface area contributed by atoms with Crippen LogP contribution in [0.5, 0.6) is 5.75 Å². The molecule has 0 radical (unpaired) electrons. The molecule has 140 valence electrons. The molecule has 8 nitrogen and oxygen atoms in total. The number of nitro groups is 1. The van der Waals surface area contributed by atoms with Gasteiger partial charge in [-0.15, -0.1) is 0 Å². The largest absolute Gasteiger partial charge is 0.497 e. The zero-order valence-electron chi connectivity index (χ0n) is 15.1. The standard InChI is InChI=1S/C19H21N5O3/c1-27-16-4-2-3-15(12-16)11-14-7-9-22(10-8-14)18-6-5-17-20-13-19(24(25)26)23(17)21-18/h2-6,12-14H,7-11H2,1H3. The zero-order chi connectivity index (χ0) is 18.8. The van der Waals surface area contributed by atoms with Crippen molar-refractivity contribution in [2.75, 3.05) is 25.1 Å². The molecule has 0 spiro atoms. The van der Waals surface area contributed by atoms with Crippen molar-refractivity contribution in [3.8, 4) is 5.75 Å². The molecule has 0 atom stereocenters. The Morgan fingerprint density at radius 2 is 2.07 bits per heavy atom. The summed E-state index contributed by atoms with van der Waals surface area (Å²) in [6.45, 7) is 1.77. The Morgan fingerprint density at radius 3 is 2.81 bits per heavy atom. The van der Waals surface area contributed by atoms with Crippen molar-refractivity contribution >= 4 is 17.3 Å². The average Bonchev–Trinajstić information content (AvgIpc) is 3.12. The predicted molar refractivity (Wildman–Crippen MR) is 101 cm³/mol. The SMILES string of the molecule is COc1cccc(CC2CCN(c3ccc4ncc([N+](=O)[O-])n4n3)CC2)c1. The molecule has 4 rings (SSSR count). The molecule has 1 aliphatic rings. The fraction of sp³-hybridized carbons (Fsp3) is 0.368. The summed E-state index contributed by atoms with van der Waals surface area (Å²) < 4.78 is 6.61. The smallest absolute Gasteiger partial charge is 0.368 e. The fourth-order valence-corrected chi connectivity index (χ4v) is 3.64. The van der Waals surface area contributed by atoms with Gasteiger partial charge in [0, 0.05) is 19.2 Å². The zero-order valence-corrected chi connectivity index (χ0v) is 15.1. The molecule has 3 aromatic rings. The normalized spacial score (nSPS) is 15.2. The minimum atomic E-state index is -0.461. The molecule has 27 heavy (non-hydrogen) atoms. The van der Waals surface area contributed by atoms with E-state index in [4.69, 9.17) is 4.74 Å². The first-order valence-electron chi connectivity index (χ1n) is 9.01. The minimum Gasteiger partial charge on any atom is -0.497 e. The van der Waals surface area contributed by atoms with Crippen LogP contribution in [-0.4, -0.2) is 39.7 Å². The van der Waals surface area contributed by atoms with Crippen molar-refractivity contribution in [3.63, 3.8) is 0 Å². The summed E-state index contributed by atoms with van der Waals surface area (Å²) in [5.74, 6) is 2.15. The van der Waals surface area contributed by atoms with Gasteiger partial charge in [0.1, 0.15) is 11.9 Å². The van der Waals surface area contributed by atoms with Gasteiger partial charge in [-0.05, 0) is 53.9 Å². The van der Waals surface area contributed by atoms with Crippen molar-refractivity contribution in [2.24, 2.45) is 5.92 Å². The molecule has 0 N–H and O–H groups in total. The van der Waals surface area contributed by atoms with Gasteiger partial charge in [0.05, 0.1) is 7.11 Å². The lowest BCUT2D eigenvalue weighted by molar-refractivity contribution is -0.391. The van der Waals surface area contributed by atoms with Gasteiger partial charge in [0.2, 0.25) is 5.65 Å². The number of hydrogen-bond acceptors (Lipinski definition) is 6. The second kappa shape index (κ2) is 7.22. The summed E-state index contributed by atoms with van der Waals surface area (Å²) in [6.07, 6.45) is 4.39. The molecule has 0 aliphatic carbocycles. The van der Waals surface area contributed by atoms with Crippen LogP contribution in [0.25, 0.3) is 5.65 Å². The molecular formula is C19H21N5O3. The molecule has 1 aliphatic heterocycles. The first kappa shape index (κ1) is 17.3. The highest BCUT2D eigenvalue weighted by Crippen LogP contribution is 2.26. The van der Waals surface area contributed by atoms with Crippen LogP contribution in [0.15, 0.2) is 42.6 Å². The van der Waals surface area contributed by atoms with E-state index in [1.807, 2.05) is 18.2 Å². The highest BCUT2D eigenvalue weighted by Gasteiger charge is 2.23. The average molecular weight is 367 g/mol. The van der Waals surface area contributed by atoms with Crippen molar-refractivity contribution in [1.82, 2.24) is 14.6 Å². The number of fused-ring (bicyclic) bond motifs is 1. The number of methoxy groups -OCH3 is 1. The monoisotopic (exact) mass is 367 g/mol. The Bertz CT molecular complexity index is 963. The van der Waals surface area contributed by atoms with E-state index in [-0.39, 0.29) is 5.82 Å².